The number of carbonyl (C=O) groups is 1. The molecule has 1 aromatic rings. The van der Waals surface area contributed by atoms with E-state index in [-0.39, 0.29) is 12.5 Å². The zero-order valence-electron chi connectivity index (χ0n) is 11.0. The van der Waals surface area contributed by atoms with E-state index in [0.29, 0.717) is 17.7 Å². The third kappa shape index (κ3) is 6.27. The first kappa shape index (κ1) is 15.5. The third-order valence-corrected chi connectivity index (χ3v) is 3.07. The molecular formula is C14H18N2O2S. The van der Waals surface area contributed by atoms with Crippen molar-refractivity contribution < 1.29 is 9.90 Å². The summed E-state index contributed by atoms with van der Waals surface area (Å²) in [7, 11) is 0. The molecule has 1 aromatic heterocycles. The number of rotatable bonds is 6. The van der Waals surface area contributed by atoms with Gasteiger partial charge in [0.1, 0.15) is 6.61 Å². The molecule has 0 saturated carbocycles. The number of aliphatic hydroxyl groups is 1. The SMILES string of the molecule is CSCCCCNC(=O)c1cncc(C#CCO)c1. The second-order valence-electron chi connectivity index (χ2n) is 3.88. The highest BCUT2D eigenvalue weighted by molar-refractivity contribution is 7.98. The van der Waals surface area contributed by atoms with E-state index in [9.17, 15) is 4.79 Å². The molecule has 5 heteroatoms. The number of amides is 1. The number of thioether (sulfide) groups is 1. The molecular weight excluding hydrogens is 260 g/mol. The van der Waals surface area contributed by atoms with Gasteiger partial charge in [0.25, 0.3) is 5.91 Å². The Labute approximate surface area is 118 Å². The first-order chi connectivity index (χ1) is 9.27. The maximum Gasteiger partial charge on any atom is 0.252 e. The lowest BCUT2D eigenvalue weighted by molar-refractivity contribution is 0.0953. The summed E-state index contributed by atoms with van der Waals surface area (Å²) < 4.78 is 0. The van der Waals surface area contributed by atoms with Gasteiger partial charge < -0.3 is 10.4 Å². The van der Waals surface area contributed by atoms with E-state index >= 15 is 0 Å². The summed E-state index contributed by atoms with van der Waals surface area (Å²) in [6.07, 6.45) is 7.23. The van der Waals surface area contributed by atoms with Crippen molar-refractivity contribution in [2.45, 2.75) is 12.8 Å². The molecule has 102 valence electrons. The van der Waals surface area contributed by atoms with Crippen LogP contribution in [0.1, 0.15) is 28.8 Å². The van der Waals surface area contributed by atoms with Gasteiger partial charge in [0.15, 0.2) is 0 Å². The second kappa shape index (κ2) is 9.42. The Bertz CT molecular complexity index is 466. The Balaban J connectivity index is 2.48. The molecule has 0 atom stereocenters. The lowest BCUT2D eigenvalue weighted by Gasteiger charge is -2.04. The van der Waals surface area contributed by atoms with Crippen molar-refractivity contribution in [1.29, 1.82) is 0 Å². The van der Waals surface area contributed by atoms with Crippen molar-refractivity contribution in [3.8, 4) is 11.8 Å². The van der Waals surface area contributed by atoms with Crippen molar-refractivity contribution >= 4 is 17.7 Å². The normalized spacial score (nSPS) is 9.58. The molecule has 0 aromatic carbocycles. The fraction of sp³-hybridized carbons (Fsp3) is 0.429. The Hall–Kier alpha value is -1.51. The van der Waals surface area contributed by atoms with Crippen molar-refractivity contribution in [2.24, 2.45) is 0 Å². The van der Waals surface area contributed by atoms with E-state index in [4.69, 9.17) is 5.11 Å². The molecule has 0 bridgehead atoms. The van der Waals surface area contributed by atoms with Gasteiger partial charge >= 0.3 is 0 Å². The summed E-state index contributed by atoms with van der Waals surface area (Å²) in [5, 5.41) is 11.5. The van der Waals surface area contributed by atoms with Crippen LogP contribution in [0.4, 0.5) is 0 Å². The van der Waals surface area contributed by atoms with Crippen LogP contribution >= 0.6 is 11.8 Å². The Morgan fingerprint density at radius 3 is 3.05 bits per heavy atom. The average Bonchev–Trinajstić information content (AvgIpc) is 2.45. The highest BCUT2D eigenvalue weighted by Gasteiger charge is 2.05. The Kier molecular flexibility index (Phi) is 7.71. The predicted molar refractivity (Wildman–Crippen MR) is 78.2 cm³/mol. The number of nitrogens with one attached hydrogen (secondary N) is 1. The van der Waals surface area contributed by atoms with Crippen LogP contribution in [0.15, 0.2) is 18.5 Å². The van der Waals surface area contributed by atoms with Crippen molar-refractivity contribution in [1.82, 2.24) is 10.3 Å². The molecule has 2 N–H and O–H groups in total. The topological polar surface area (TPSA) is 62.2 Å². The van der Waals surface area contributed by atoms with Crippen LogP contribution in [0, 0.1) is 11.8 Å². The van der Waals surface area contributed by atoms with Crippen molar-refractivity contribution in [3.05, 3.63) is 29.6 Å². The summed E-state index contributed by atoms with van der Waals surface area (Å²) in [5.41, 5.74) is 1.12. The smallest absolute Gasteiger partial charge is 0.252 e. The summed E-state index contributed by atoms with van der Waals surface area (Å²) in [4.78, 5) is 15.8. The lowest BCUT2D eigenvalue weighted by Crippen LogP contribution is -2.24. The summed E-state index contributed by atoms with van der Waals surface area (Å²) >= 11 is 1.81. The summed E-state index contributed by atoms with van der Waals surface area (Å²) in [6, 6.07) is 1.67. The lowest BCUT2D eigenvalue weighted by atomic mass is 10.2. The van der Waals surface area contributed by atoms with Gasteiger partial charge in [-0.2, -0.15) is 11.8 Å². The monoisotopic (exact) mass is 278 g/mol. The zero-order valence-corrected chi connectivity index (χ0v) is 11.8. The molecule has 0 fully saturated rings. The maximum atomic E-state index is 11.8. The maximum absolute atomic E-state index is 11.8. The van der Waals surface area contributed by atoms with Gasteiger partial charge in [-0.1, -0.05) is 11.8 Å². The third-order valence-electron chi connectivity index (χ3n) is 2.37. The van der Waals surface area contributed by atoms with Crippen LogP contribution < -0.4 is 5.32 Å². The fourth-order valence-electron chi connectivity index (χ4n) is 1.45. The first-order valence-corrected chi connectivity index (χ1v) is 7.49. The summed E-state index contributed by atoms with van der Waals surface area (Å²) in [5.74, 6) is 6.24. The van der Waals surface area contributed by atoms with Crippen LogP contribution in [-0.4, -0.2) is 41.2 Å². The van der Waals surface area contributed by atoms with Crippen LogP contribution in [0.2, 0.25) is 0 Å². The highest BCUT2D eigenvalue weighted by Crippen LogP contribution is 2.02. The standard InChI is InChI=1S/C14H18N2O2S/c1-19-8-3-2-6-16-14(18)13-9-12(5-4-7-17)10-15-11-13/h9-11,17H,2-3,6-8H2,1H3,(H,16,18). The van der Waals surface area contributed by atoms with Gasteiger partial charge in [0.2, 0.25) is 0 Å². The minimum Gasteiger partial charge on any atom is -0.384 e. The van der Waals surface area contributed by atoms with Crippen LogP contribution in [0.5, 0.6) is 0 Å². The van der Waals surface area contributed by atoms with E-state index in [1.807, 2.05) is 11.8 Å². The fourth-order valence-corrected chi connectivity index (χ4v) is 1.94. The minimum atomic E-state index is -0.203. The highest BCUT2D eigenvalue weighted by atomic mass is 32.2. The van der Waals surface area contributed by atoms with Crippen LogP contribution in [-0.2, 0) is 0 Å². The number of unbranched alkanes of at least 4 members (excludes halogenated alkanes) is 1. The van der Waals surface area contributed by atoms with Gasteiger partial charge in [0.05, 0.1) is 5.56 Å². The number of nitrogens with zero attached hydrogens (tertiary/aromatic N) is 1. The number of aromatic nitrogens is 1. The van der Waals surface area contributed by atoms with Gasteiger partial charge in [-0.15, -0.1) is 0 Å². The molecule has 1 heterocycles. The van der Waals surface area contributed by atoms with Gasteiger partial charge in [-0.25, -0.2) is 0 Å². The first-order valence-electron chi connectivity index (χ1n) is 6.10. The average molecular weight is 278 g/mol. The van der Waals surface area contributed by atoms with E-state index in [2.05, 4.69) is 28.4 Å². The van der Waals surface area contributed by atoms with Gasteiger partial charge in [-0.05, 0) is 30.9 Å². The molecule has 19 heavy (non-hydrogen) atoms. The molecule has 4 nitrogen and oxygen atoms in total. The molecule has 1 amide bonds. The largest absolute Gasteiger partial charge is 0.384 e. The van der Waals surface area contributed by atoms with E-state index < -0.39 is 0 Å². The molecule has 0 radical (unpaired) electrons. The van der Waals surface area contributed by atoms with Gasteiger partial charge in [0, 0.05) is 24.5 Å². The molecule has 0 aliphatic rings. The molecule has 0 saturated heterocycles. The number of carbonyl (C=O) groups excluding carboxylic acids is 1. The molecule has 0 unspecified atom stereocenters. The van der Waals surface area contributed by atoms with Crippen LogP contribution in [0.25, 0.3) is 0 Å². The summed E-state index contributed by atoms with van der Waals surface area (Å²) in [6.45, 7) is 0.470. The molecule has 1 rings (SSSR count). The molecule has 0 aliphatic carbocycles. The Morgan fingerprint density at radius 2 is 2.32 bits per heavy atom. The Morgan fingerprint density at radius 1 is 1.47 bits per heavy atom. The van der Waals surface area contributed by atoms with Crippen molar-refractivity contribution in [3.63, 3.8) is 0 Å². The van der Waals surface area contributed by atoms with E-state index in [0.717, 1.165) is 18.6 Å². The number of hydrogen-bond acceptors (Lipinski definition) is 4. The van der Waals surface area contributed by atoms with E-state index in [1.165, 1.54) is 6.20 Å². The number of pyridine rings is 1. The van der Waals surface area contributed by atoms with E-state index in [1.54, 1.807) is 12.3 Å². The molecule has 0 spiro atoms. The minimum absolute atomic E-state index is 0.135. The molecule has 0 aliphatic heterocycles. The number of aliphatic hydroxyl groups excluding tert-OH is 1. The second-order valence-corrected chi connectivity index (χ2v) is 4.86. The van der Waals surface area contributed by atoms with Crippen molar-refractivity contribution in [2.75, 3.05) is 25.2 Å². The van der Waals surface area contributed by atoms with Crippen LogP contribution in [0.3, 0.4) is 0 Å². The number of hydrogen-bond donors (Lipinski definition) is 2. The predicted octanol–water partition coefficient (Wildman–Crippen LogP) is 1.30. The van der Waals surface area contributed by atoms with Gasteiger partial charge in [-0.3, -0.25) is 9.78 Å². The zero-order chi connectivity index (χ0) is 13.9. The quantitative estimate of drug-likeness (QED) is 0.608.